The van der Waals surface area contributed by atoms with Crippen molar-refractivity contribution in [2.75, 3.05) is 0 Å². The Labute approximate surface area is 300 Å². The molecule has 21 heavy (non-hydrogen) atoms. The summed E-state index contributed by atoms with van der Waals surface area (Å²) in [6.07, 6.45) is 0. The normalized spacial score (nSPS) is 2.14. The summed E-state index contributed by atoms with van der Waals surface area (Å²) in [5.74, 6) is 0. The SMILES string of the molecule is [Al+3].[Ga+3].[In+3].[Se]=[SeH-].[Se]=[SeH-].[Se]=[SeH-].[Se]=[SeH-].[Se]=[SeH-].[Se]=[SeH-].[Se]=[SeH-].[Se]=[SeH-].[Se]=[SeH-]. The van der Waals surface area contributed by atoms with E-state index in [0.717, 1.165) is 0 Å². The van der Waals surface area contributed by atoms with Gasteiger partial charge in [-0.25, -0.2) is 0 Å². The Morgan fingerprint density at radius 2 is 0.286 bits per heavy atom. The van der Waals surface area contributed by atoms with Gasteiger partial charge in [0.15, 0.2) is 0 Å². The van der Waals surface area contributed by atoms with Gasteiger partial charge in [-0.3, -0.25) is 0 Å². The van der Waals surface area contributed by atoms with Crippen molar-refractivity contribution in [3.63, 3.8) is 0 Å². The Bertz CT molecular complexity index is 45.7. The van der Waals surface area contributed by atoms with Crippen molar-refractivity contribution < 1.29 is 0 Å². The first-order chi connectivity index (χ1) is 9.00. The van der Waals surface area contributed by atoms with Crippen molar-refractivity contribution in [1.29, 1.82) is 0 Å². The maximum absolute atomic E-state index is 2.56. The molecule has 0 rings (SSSR count). The summed E-state index contributed by atoms with van der Waals surface area (Å²) >= 11 is 42.8. The van der Waals surface area contributed by atoms with E-state index in [2.05, 4.69) is 246 Å². The fraction of sp³-hybridized carbons (Fsp3) is 0. The monoisotopic (exact) mass is 1660 g/mol. The quantitative estimate of drug-likeness (QED) is 0.212. The molecule has 0 aliphatic rings. The van der Waals surface area contributed by atoms with Gasteiger partial charge in [0.1, 0.15) is 0 Å². The van der Waals surface area contributed by atoms with Gasteiger partial charge in [-0.15, -0.1) is 0 Å². The Morgan fingerprint density at radius 3 is 0.286 bits per heavy atom. The van der Waals surface area contributed by atoms with Crippen LogP contribution in [0.2, 0.25) is 0 Å². The van der Waals surface area contributed by atoms with E-state index >= 15 is 0 Å². The van der Waals surface area contributed by atoms with E-state index in [1.54, 1.807) is 0 Å². The Hall–Kier alpha value is 11.4. The predicted octanol–water partition coefficient (Wildman–Crippen LogP) is -10.4. The molecule has 0 aliphatic heterocycles. The molecule has 0 aromatic heterocycles. The van der Waals surface area contributed by atoms with E-state index in [0.29, 0.717) is 0 Å². The van der Waals surface area contributed by atoms with Crippen LogP contribution >= 0.6 is 0 Å². The summed E-state index contributed by atoms with van der Waals surface area (Å²) in [7, 11) is 0. The molecule has 0 amide bonds. The maximum atomic E-state index is 2.56. The third-order valence-electron chi connectivity index (χ3n) is 0. The van der Waals surface area contributed by atoms with Gasteiger partial charge in [0.05, 0.1) is 0 Å². The molecule has 0 saturated heterocycles. The van der Waals surface area contributed by atoms with Gasteiger partial charge in [0, 0.05) is 0 Å². The third kappa shape index (κ3) is 209. The van der Waals surface area contributed by atoms with E-state index in [4.69, 9.17) is 0 Å². The Morgan fingerprint density at radius 1 is 0.286 bits per heavy atom. The molecule has 0 atom stereocenters. The van der Waals surface area contributed by atoms with Crippen molar-refractivity contribution in [3.05, 3.63) is 0 Å². The van der Waals surface area contributed by atoms with E-state index < -0.39 is 0 Å². The Balaban J connectivity index is -0.00000000426. The zero-order chi connectivity index (χ0) is 18.0. The van der Waals surface area contributed by atoms with Crippen LogP contribution in [0.5, 0.6) is 0 Å². The van der Waals surface area contributed by atoms with E-state index in [-0.39, 0.29) is 63.0 Å². The van der Waals surface area contributed by atoms with Crippen molar-refractivity contribution in [2.24, 2.45) is 0 Å². The fourth-order valence-corrected chi connectivity index (χ4v) is 0. The van der Waals surface area contributed by atoms with Gasteiger partial charge in [0.2, 0.25) is 0 Å². The van der Waals surface area contributed by atoms with Gasteiger partial charge in [0.25, 0.3) is 0 Å². The van der Waals surface area contributed by atoms with Gasteiger partial charge < -0.3 is 0 Å². The van der Waals surface area contributed by atoms with Crippen LogP contribution in [-0.2, 0) is 0 Å². The first kappa shape index (κ1) is 76.8. The summed E-state index contributed by atoms with van der Waals surface area (Å²) < 4.78 is 0. The third-order valence-corrected chi connectivity index (χ3v) is 0. The zero-order valence-corrected chi connectivity index (χ0v) is 48.6. The van der Waals surface area contributed by atoms with Crippen LogP contribution in [0.3, 0.4) is 0 Å². The second-order valence-corrected chi connectivity index (χ2v) is 0. The van der Waals surface area contributed by atoms with Crippen LogP contribution in [0.15, 0.2) is 0 Å². The summed E-state index contributed by atoms with van der Waals surface area (Å²) in [6.45, 7) is 0. The molecule has 0 radical (unpaired) electrons. The predicted molar refractivity (Wildman–Crippen MR) is 133 cm³/mol. The van der Waals surface area contributed by atoms with E-state index in [1.807, 2.05) is 0 Å². The summed E-state index contributed by atoms with van der Waals surface area (Å²) in [5.41, 5.74) is 0. The van der Waals surface area contributed by atoms with Crippen LogP contribution < -0.4 is 0 Å². The number of hydrogen-bond donors (Lipinski definition) is 0. The molecule has 0 aromatic carbocycles. The summed E-state index contributed by atoms with van der Waals surface area (Å²) in [6, 6.07) is 0. The Kier molecular flexibility index (Phi) is 817. The molecule has 0 spiro atoms. The molecule has 0 nitrogen and oxygen atoms in total. The van der Waals surface area contributed by atoms with Gasteiger partial charge in [-0.05, 0) is 0 Å². The molecule has 0 N–H and O–H groups in total. The first-order valence-corrected chi connectivity index (χ1v) is 44.4. The van der Waals surface area contributed by atoms with Crippen LogP contribution in [0, 0.1) is 0 Å². The molecule has 0 aliphatic carbocycles. The second-order valence-electron chi connectivity index (χ2n) is 0. The molecule has 0 bridgehead atoms. The minimum absolute atomic E-state index is 0. The molecule has 0 fully saturated rings. The molecular formula is H9AlGaInSe18. The van der Waals surface area contributed by atoms with Gasteiger partial charge in [-0.2, -0.15) is 0 Å². The topological polar surface area (TPSA) is 0 Å². The van der Waals surface area contributed by atoms with Crippen molar-refractivity contribution in [1.82, 2.24) is 0 Å². The zero-order valence-electron chi connectivity index (χ0n) is 9.43. The molecule has 0 aromatic rings. The van der Waals surface area contributed by atoms with Crippen molar-refractivity contribution in [3.8, 4) is 0 Å². The average molecular weight is 1640 g/mol. The van der Waals surface area contributed by atoms with Gasteiger partial charge >= 0.3 is 309 Å². The van der Waals surface area contributed by atoms with Gasteiger partial charge in [-0.1, -0.05) is 0 Å². The van der Waals surface area contributed by atoms with Crippen LogP contribution in [-0.4, -0.2) is 309 Å². The van der Waals surface area contributed by atoms with Crippen LogP contribution in [0.25, 0.3) is 0 Å². The number of hydrogen-bond acceptors (Lipinski definition) is 0. The average Bonchev–Trinajstić information content (AvgIpc) is 2.63. The molecule has 0 unspecified atom stereocenters. The first-order valence-electron chi connectivity index (χ1n) is 1.64. The van der Waals surface area contributed by atoms with Crippen LogP contribution in [0.1, 0.15) is 0 Å². The minimum atomic E-state index is 0. The molecular weight excluding hydrogens is 1630 g/mol. The van der Waals surface area contributed by atoms with Crippen LogP contribution in [0.4, 0.5) is 0 Å². The molecule has 0 heterocycles. The molecule has 126 valence electrons. The molecule has 21 heteroatoms. The fourth-order valence-electron chi connectivity index (χ4n) is 0. The van der Waals surface area contributed by atoms with E-state index in [9.17, 15) is 0 Å². The number of rotatable bonds is 0. The van der Waals surface area contributed by atoms with Crippen molar-refractivity contribution >= 4 is 309 Å². The van der Waals surface area contributed by atoms with E-state index in [1.165, 1.54) is 0 Å². The van der Waals surface area contributed by atoms with Crippen molar-refractivity contribution in [2.45, 2.75) is 0 Å². The molecule has 0 saturated carbocycles. The summed E-state index contributed by atoms with van der Waals surface area (Å²) in [4.78, 5) is 0. The second kappa shape index (κ2) is 223. The standard InChI is InChI=1S/Al.Ga.In.9HSe2/c;;;9*1-2/h;;;9*1H/q3*+3;9*-1. The summed E-state index contributed by atoms with van der Waals surface area (Å²) in [5, 5.41) is 0.